The summed E-state index contributed by atoms with van der Waals surface area (Å²) in [5.41, 5.74) is 0.0229. The van der Waals surface area contributed by atoms with E-state index in [1.807, 2.05) is 24.3 Å². The summed E-state index contributed by atoms with van der Waals surface area (Å²) in [6.45, 7) is 10.8. The second-order valence-electron chi connectivity index (χ2n) is 8.85. The highest BCUT2D eigenvalue weighted by Crippen LogP contribution is 2.30. The summed E-state index contributed by atoms with van der Waals surface area (Å²) < 4.78 is 0. The van der Waals surface area contributed by atoms with Gasteiger partial charge in [0.25, 0.3) is 5.91 Å². The maximum Gasteiger partial charge on any atom is 0.325 e. The minimum Gasteiger partial charge on any atom is -0.351 e. The van der Waals surface area contributed by atoms with Crippen molar-refractivity contribution in [3.05, 3.63) is 35.4 Å². The van der Waals surface area contributed by atoms with E-state index >= 15 is 0 Å². The van der Waals surface area contributed by atoms with Gasteiger partial charge < -0.3 is 10.6 Å². The number of urea groups is 1. The predicted octanol–water partition coefficient (Wildman–Crippen LogP) is 2.84. The molecule has 0 aliphatic carbocycles. The van der Waals surface area contributed by atoms with Crippen LogP contribution in [0, 0.1) is 0 Å². The molecular weight excluding hydrogens is 370 g/mol. The highest BCUT2D eigenvalue weighted by atomic mass is 16.2. The zero-order valence-corrected chi connectivity index (χ0v) is 18.1. The van der Waals surface area contributed by atoms with E-state index < -0.39 is 17.1 Å². The molecule has 0 spiro atoms. The molecule has 1 aromatic carbocycles. The lowest BCUT2D eigenvalue weighted by molar-refractivity contribution is -0.131. The topological polar surface area (TPSA) is 95.6 Å². The van der Waals surface area contributed by atoms with E-state index in [9.17, 15) is 19.2 Å². The molecular formula is C22H31N3O4. The number of amides is 4. The van der Waals surface area contributed by atoms with E-state index in [2.05, 4.69) is 24.5 Å². The molecule has 2 rings (SSSR count). The zero-order valence-electron chi connectivity index (χ0n) is 18.1. The Bertz CT molecular complexity index is 814. The molecule has 1 heterocycles. The molecule has 1 aliphatic heterocycles. The molecule has 1 aromatic rings. The van der Waals surface area contributed by atoms with Crippen molar-refractivity contribution in [3.63, 3.8) is 0 Å². The molecule has 1 atom stereocenters. The number of hydrogen-bond acceptors (Lipinski definition) is 4. The number of rotatable bonds is 8. The van der Waals surface area contributed by atoms with Crippen molar-refractivity contribution in [2.24, 2.45) is 0 Å². The Labute approximate surface area is 172 Å². The van der Waals surface area contributed by atoms with Crippen LogP contribution in [-0.2, 0) is 19.9 Å². The number of imide groups is 1. The van der Waals surface area contributed by atoms with Crippen LogP contribution >= 0.6 is 0 Å². The smallest absolute Gasteiger partial charge is 0.325 e. The van der Waals surface area contributed by atoms with Crippen molar-refractivity contribution in [1.29, 1.82) is 0 Å². The summed E-state index contributed by atoms with van der Waals surface area (Å²) >= 11 is 0. The normalized spacial score (nSPS) is 19.5. The van der Waals surface area contributed by atoms with Gasteiger partial charge in [-0.3, -0.25) is 19.3 Å². The molecule has 0 radical (unpaired) electrons. The molecule has 1 fully saturated rings. The first-order chi connectivity index (χ1) is 13.4. The van der Waals surface area contributed by atoms with Crippen LogP contribution in [0.1, 0.15) is 71.4 Å². The van der Waals surface area contributed by atoms with Gasteiger partial charge in [0.15, 0.2) is 0 Å². The molecule has 0 saturated carbocycles. The average Bonchev–Trinajstić information content (AvgIpc) is 2.81. The van der Waals surface area contributed by atoms with Crippen LogP contribution in [0.4, 0.5) is 4.79 Å². The lowest BCUT2D eigenvalue weighted by Crippen LogP contribution is -2.46. The third-order valence-corrected chi connectivity index (χ3v) is 5.16. The molecule has 0 unspecified atom stereocenters. The van der Waals surface area contributed by atoms with Crippen molar-refractivity contribution in [2.75, 3.05) is 6.54 Å². The molecule has 2 N–H and O–H groups in total. The third-order valence-electron chi connectivity index (χ3n) is 5.16. The Morgan fingerprint density at radius 1 is 1.17 bits per heavy atom. The van der Waals surface area contributed by atoms with E-state index in [1.165, 1.54) is 6.92 Å². The highest BCUT2D eigenvalue weighted by Gasteiger charge is 2.48. The summed E-state index contributed by atoms with van der Waals surface area (Å²) in [5, 5.41) is 5.54. The number of nitrogens with zero attached hydrogens (tertiary/aromatic N) is 1. The number of hydrogen-bond donors (Lipinski definition) is 2. The van der Waals surface area contributed by atoms with E-state index in [4.69, 9.17) is 0 Å². The van der Waals surface area contributed by atoms with Crippen LogP contribution in [-0.4, -0.2) is 40.6 Å². The Morgan fingerprint density at radius 3 is 2.28 bits per heavy atom. The number of carbonyl (C=O) groups is 4. The van der Waals surface area contributed by atoms with E-state index in [0.29, 0.717) is 11.5 Å². The number of carbonyl (C=O) groups excluding carboxylic acids is 4. The minimum absolute atomic E-state index is 0.0215. The monoisotopic (exact) mass is 401 g/mol. The van der Waals surface area contributed by atoms with Crippen molar-refractivity contribution < 1.29 is 19.2 Å². The molecule has 0 bridgehead atoms. The Morgan fingerprint density at radius 2 is 1.76 bits per heavy atom. The molecule has 1 saturated heterocycles. The SMILES string of the molecule is CC(=O)CC(C)(C)NC(=O)CCN1C(=O)N[C@](C)(c2ccc(C(C)C)cc2)C1=O. The lowest BCUT2D eigenvalue weighted by atomic mass is 9.90. The van der Waals surface area contributed by atoms with Gasteiger partial charge in [0.2, 0.25) is 5.91 Å². The Hall–Kier alpha value is -2.70. The molecule has 4 amide bonds. The van der Waals surface area contributed by atoms with E-state index in [0.717, 1.165) is 10.5 Å². The van der Waals surface area contributed by atoms with Gasteiger partial charge in [0.1, 0.15) is 11.3 Å². The number of Topliss-reactive ketones (excluding diaryl/α,β-unsaturated/α-hetero) is 1. The van der Waals surface area contributed by atoms with Gasteiger partial charge in [0, 0.05) is 24.9 Å². The lowest BCUT2D eigenvalue weighted by Gasteiger charge is -2.25. The third kappa shape index (κ3) is 5.22. The number of ketones is 1. The van der Waals surface area contributed by atoms with Gasteiger partial charge >= 0.3 is 6.03 Å². The van der Waals surface area contributed by atoms with Crippen LogP contribution in [0.5, 0.6) is 0 Å². The molecule has 1 aliphatic rings. The predicted molar refractivity (Wildman–Crippen MR) is 110 cm³/mol. The van der Waals surface area contributed by atoms with Gasteiger partial charge in [0.05, 0.1) is 0 Å². The van der Waals surface area contributed by atoms with E-state index in [-0.39, 0.29) is 37.0 Å². The standard InChI is InChI=1S/C22H31N3O4/c1-14(2)16-7-9-17(10-8-16)22(6)19(28)25(20(29)24-22)12-11-18(27)23-21(4,5)13-15(3)26/h7-10,14H,11-13H2,1-6H3,(H,23,27)(H,24,29)/t22-/m1/s1. The highest BCUT2D eigenvalue weighted by molar-refractivity contribution is 6.07. The van der Waals surface area contributed by atoms with Crippen molar-refractivity contribution in [2.45, 2.75) is 71.4 Å². The van der Waals surface area contributed by atoms with Gasteiger partial charge in [-0.15, -0.1) is 0 Å². The van der Waals surface area contributed by atoms with Gasteiger partial charge in [-0.25, -0.2) is 4.79 Å². The maximum absolute atomic E-state index is 13.0. The summed E-state index contributed by atoms with van der Waals surface area (Å²) in [6, 6.07) is 7.11. The molecule has 7 nitrogen and oxygen atoms in total. The Kier molecular flexibility index (Phi) is 6.50. The largest absolute Gasteiger partial charge is 0.351 e. The first-order valence-electron chi connectivity index (χ1n) is 9.91. The van der Waals surface area contributed by atoms with Gasteiger partial charge in [-0.1, -0.05) is 38.1 Å². The minimum atomic E-state index is -1.16. The Balaban J connectivity index is 2.05. The van der Waals surface area contributed by atoms with Crippen LogP contribution in [0.15, 0.2) is 24.3 Å². The second kappa shape index (κ2) is 8.35. The van der Waals surface area contributed by atoms with E-state index in [1.54, 1.807) is 20.8 Å². The zero-order chi connectivity index (χ0) is 22.0. The summed E-state index contributed by atoms with van der Waals surface area (Å²) in [5.74, 6) is -0.348. The van der Waals surface area contributed by atoms with Crippen LogP contribution < -0.4 is 10.6 Å². The number of benzene rings is 1. The van der Waals surface area contributed by atoms with Gasteiger partial charge in [-0.2, -0.15) is 0 Å². The fraction of sp³-hybridized carbons (Fsp3) is 0.545. The molecule has 0 aromatic heterocycles. The summed E-state index contributed by atoms with van der Waals surface area (Å²) in [4.78, 5) is 50.0. The van der Waals surface area contributed by atoms with Crippen LogP contribution in [0.3, 0.4) is 0 Å². The molecule has 29 heavy (non-hydrogen) atoms. The molecule has 7 heteroatoms. The van der Waals surface area contributed by atoms with Gasteiger partial charge in [-0.05, 0) is 44.7 Å². The summed E-state index contributed by atoms with van der Waals surface area (Å²) in [7, 11) is 0. The fourth-order valence-electron chi connectivity index (χ4n) is 3.62. The average molecular weight is 402 g/mol. The summed E-state index contributed by atoms with van der Waals surface area (Å²) in [6.07, 6.45) is 0.190. The number of nitrogens with one attached hydrogen (secondary N) is 2. The quantitative estimate of drug-likeness (QED) is 0.655. The van der Waals surface area contributed by atoms with Crippen LogP contribution in [0.2, 0.25) is 0 Å². The first kappa shape index (κ1) is 22.6. The second-order valence-corrected chi connectivity index (χ2v) is 8.85. The van der Waals surface area contributed by atoms with Crippen LogP contribution in [0.25, 0.3) is 0 Å². The maximum atomic E-state index is 13.0. The van der Waals surface area contributed by atoms with Crippen molar-refractivity contribution >= 4 is 23.6 Å². The molecule has 158 valence electrons. The first-order valence-corrected chi connectivity index (χ1v) is 9.91. The van der Waals surface area contributed by atoms with Crippen molar-refractivity contribution in [1.82, 2.24) is 15.5 Å². The van der Waals surface area contributed by atoms with Crippen molar-refractivity contribution in [3.8, 4) is 0 Å². The fourth-order valence-corrected chi connectivity index (χ4v) is 3.62.